The molecular weight excluding hydrogens is 430 g/mol. The minimum atomic E-state index is -0.0524. The lowest BCUT2D eigenvalue weighted by Crippen LogP contribution is -2.46. The van der Waals surface area contributed by atoms with Gasteiger partial charge in [-0.2, -0.15) is 9.61 Å². The molecule has 0 spiro atoms. The second-order valence-corrected chi connectivity index (χ2v) is 9.71. The van der Waals surface area contributed by atoms with Crippen LogP contribution < -0.4 is 5.73 Å². The van der Waals surface area contributed by atoms with Gasteiger partial charge in [-0.1, -0.05) is 6.07 Å². The number of amides is 1. The summed E-state index contributed by atoms with van der Waals surface area (Å²) in [6, 6.07) is 4.29. The highest BCUT2D eigenvalue weighted by Gasteiger charge is 2.46. The van der Waals surface area contributed by atoms with Crippen molar-refractivity contribution in [3.63, 3.8) is 0 Å². The Hall–Kier alpha value is -3.82. The van der Waals surface area contributed by atoms with Gasteiger partial charge < -0.3 is 15.6 Å². The predicted molar refractivity (Wildman–Crippen MR) is 124 cm³/mol. The van der Waals surface area contributed by atoms with E-state index in [0.29, 0.717) is 17.6 Å². The number of pyridine rings is 1. The molecule has 2 bridgehead atoms. The first-order valence-corrected chi connectivity index (χ1v) is 11.9. The lowest BCUT2D eigenvalue weighted by atomic mass is 9.85. The predicted octanol–water partition coefficient (Wildman–Crippen LogP) is 2.92. The maximum absolute atomic E-state index is 13.1. The molecule has 3 aliphatic rings. The van der Waals surface area contributed by atoms with E-state index < -0.39 is 0 Å². The molecule has 2 aliphatic heterocycles. The van der Waals surface area contributed by atoms with Crippen LogP contribution in [0.25, 0.3) is 16.8 Å². The summed E-state index contributed by atoms with van der Waals surface area (Å²) in [4.78, 5) is 27.5. The average molecular weight is 456 g/mol. The molecule has 0 radical (unpaired) electrons. The van der Waals surface area contributed by atoms with Crippen LogP contribution in [0.3, 0.4) is 0 Å². The van der Waals surface area contributed by atoms with Crippen molar-refractivity contribution in [3.05, 3.63) is 54.1 Å². The highest BCUT2D eigenvalue weighted by atomic mass is 16.2. The molecule has 4 aromatic rings. The van der Waals surface area contributed by atoms with Gasteiger partial charge in [0.1, 0.15) is 12.1 Å². The van der Waals surface area contributed by atoms with Gasteiger partial charge in [0.05, 0.1) is 11.9 Å². The number of aromatic amines is 1. The molecule has 4 aromatic heterocycles. The molecule has 0 aromatic carbocycles. The van der Waals surface area contributed by atoms with Crippen molar-refractivity contribution in [1.29, 1.82) is 0 Å². The summed E-state index contributed by atoms with van der Waals surface area (Å²) in [6.45, 7) is 0. The standard InChI is InChI=1S/C24H25N9O/c25-21-19(13-3-4-13)20(30-23-18(11-29-33(21)23)14-2-1-7-26-10-14)15-8-16-5-6-17(9-15)32(16)24(34)22-27-12-28-31-22/h1-2,7,10-13,15-17H,3-6,8-9,25H2,(H,27,28,31)/t15-,16-,17+. The van der Waals surface area contributed by atoms with Gasteiger partial charge in [0, 0.05) is 47.1 Å². The SMILES string of the molecule is Nc1c(C2CC2)c([C@@H]2C[C@H]3CC[C@@H](C2)N3C(=O)c2nnc[nH]2)nc2c(-c3cccnc3)cnn12. The minimum Gasteiger partial charge on any atom is -0.383 e. The number of H-pyrrole nitrogens is 1. The van der Waals surface area contributed by atoms with Crippen LogP contribution in [0.5, 0.6) is 0 Å². The number of nitrogens with zero attached hydrogens (tertiary/aromatic N) is 7. The first-order chi connectivity index (χ1) is 16.7. The third-order valence-corrected chi connectivity index (χ3v) is 7.68. The maximum Gasteiger partial charge on any atom is 0.292 e. The molecule has 34 heavy (non-hydrogen) atoms. The van der Waals surface area contributed by atoms with Crippen LogP contribution in [0.2, 0.25) is 0 Å². The lowest BCUT2D eigenvalue weighted by Gasteiger charge is -2.39. The minimum absolute atomic E-state index is 0.0524. The number of nitrogens with two attached hydrogens (primary N) is 1. The Morgan fingerprint density at radius 3 is 2.59 bits per heavy atom. The first-order valence-electron chi connectivity index (χ1n) is 11.9. The van der Waals surface area contributed by atoms with Gasteiger partial charge >= 0.3 is 0 Å². The van der Waals surface area contributed by atoms with E-state index in [1.54, 1.807) is 10.7 Å². The van der Waals surface area contributed by atoms with Crippen molar-refractivity contribution in [2.75, 3.05) is 5.73 Å². The Morgan fingerprint density at radius 2 is 1.91 bits per heavy atom. The molecule has 10 nitrogen and oxygen atoms in total. The zero-order chi connectivity index (χ0) is 22.8. The Bertz CT molecular complexity index is 1360. The molecule has 1 amide bonds. The van der Waals surface area contributed by atoms with Crippen molar-refractivity contribution in [1.82, 2.24) is 39.7 Å². The maximum atomic E-state index is 13.1. The molecule has 1 aliphatic carbocycles. The van der Waals surface area contributed by atoms with Gasteiger partial charge in [-0.25, -0.2) is 4.98 Å². The van der Waals surface area contributed by atoms with E-state index >= 15 is 0 Å². The highest BCUT2D eigenvalue weighted by molar-refractivity contribution is 5.91. The third kappa shape index (κ3) is 2.94. The quantitative estimate of drug-likeness (QED) is 0.484. The van der Waals surface area contributed by atoms with Crippen LogP contribution >= 0.6 is 0 Å². The third-order valence-electron chi connectivity index (χ3n) is 7.68. The van der Waals surface area contributed by atoms with Crippen LogP contribution in [0, 0.1) is 0 Å². The fourth-order valence-electron chi connectivity index (χ4n) is 6.04. The molecule has 3 N–H and O–H groups in total. The number of carbonyl (C=O) groups is 1. The number of nitrogen functional groups attached to an aromatic ring is 1. The van der Waals surface area contributed by atoms with E-state index in [1.807, 2.05) is 29.4 Å². The number of piperidine rings is 1. The largest absolute Gasteiger partial charge is 0.383 e. The Morgan fingerprint density at radius 1 is 1.09 bits per heavy atom. The van der Waals surface area contributed by atoms with E-state index in [1.165, 1.54) is 6.33 Å². The number of rotatable bonds is 4. The summed E-state index contributed by atoms with van der Waals surface area (Å²) in [6.07, 6.45) is 12.9. The number of fused-ring (bicyclic) bond motifs is 3. The van der Waals surface area contributed by atoms with Crippen LogP contribution in [0.1, 0.15) is 72.2 Å². The van der Waals surface area contributed by atoms with Crippen molar-refractivity contribution in [3.8, 4) is 11.1 Å². The van der Waals surface area contributed by atoms with Crippen molar-refractivity contribution in [2.24, 2.45) is 0 Å². The summed E-state index contributed by atoms with van der Waals surface area (Å²) in [5.41, 5.74) is 11.7. The van der Waals surface area contributed by atoms with Crippen LogP contribution in [0.4, 0.5) is 5.82 Å². The lowest BCUT2D eigenvalue weighted by molar-refractivity contribution is 0.0557. The molecule has 7 rings (SSSR count). The normalized spacial score (nSPS) is 24.1. The fourth-order valence-corrected chi connectivity index (χ4v) is 6.04. The molecule has 3 atom stereocenters. The van der Waals surface area contributed by atoms with Gasteiger partial charge in [-0.05, 0) is 50.5 Å². The molecule has 3 fully saturated rings. The number of hydrogen-bond donors (Lipinski definition) is 2. The number of carbonyl (C=O) groups excluding carboxylic acids is 1. The molecule has 2 saturated heterocycles. The zero-order valence-corrected chi connectivity index (χ0v) is 18.6. The van der Waals surface area contributed by atoms with Crippen LogP contribution in [-0.2, 0) is 0 Å². The van der Waals surface area contributed by atoms with Gasteiger partial charge in [0.2, 0.25) is 5.82 Å². The second kappa shape index (κ2) is 7.34. The van der Waals surface area contributed by atoms with E-state index in [2.05, 4.69) is 25.3 Å². The summed E-state index contributed by atoms with van der Waals surface area (Å²) in [7, 11) is 0. The van der Waals surface area contributed by atoms with Crippen LogP contribution in [0.15, 0.2) is 37.1 Å². The van der Waals surface area contributed by atoms with Gasteiger partial charge in [0.25, 0.3) is 5.91 Å². The Balaban J connectivity index is 1.29. The molecule has 0 unspecified atom stereocenters. The number of anilines is 1. The van der Waals surface area contributed by atoms with Crippen molar-refractivity contribution in [2.45, 2.75) is 62.4 Å². The average Bonchev–Trinajstić information content (AvgIpc) is 3.26. The first kappa shape index (κ1) is 19.6. The number of aromatic nitrogens is 7. The summed E-state index contributed by atoms with van der Waals surface area (Å²) >= 11 is 0. The smallest absolute Gasteiger partial charge is 0.292 e. The molecular formula is C24H25N9O. The Kier molecular flexibility index (Phi) is 4.24. The molecule has 6 heterocycles. The van der Waals surface area contributed by atoms with Gasteiger partial charge in [-0.3, -0.25) is 9.78 Å². The van der Waals surface area contributed by atoms with E-state index in [9.17, 15) is 4.79 Å². The summed E-state index contributed by atoms with van der Waals surface area (Å²) in [5.74, 6) is 1.67. The van der Waals surface area contributed by atoms with E-state index in [-0.39, 0.29) is 23.9 Å². The highest BCUT2D eigenvalue weighted by Crippen LogP contribution is 2.50. The Labute approximate surface area is 195 Å². The molecule has 1 saturated carbocycles. The van der Waals surface area contributed by atoms with Gasteiger partial charge in [0.15, 0.2) is 5.65 Å². The van der Waals surface area contributed by atoms with Gasteiger partial charge in [-0.15, -0.1) is 10.2 Å². The number of hydrogen-bond acceptors (Lipinski definition) is 7. The van der Waals surface area contributed by atoms with Crippen molar-refractivity contribution >= 4 is 17.4 Å². The monoisotopic (exact) mass is 455 g/mol. The van der Waals surface area contributed by atoms with E-state index in [4.69, 9.17) is 10.7 Å². The summed E-state index contributed by atoms with van der Waals surface area (Å²) < 4.78 is 1.79. The fraction of sp³-hybridized carbons (Fsp3) is 0.417. The molecule has 10 heteroatoms. The topological polar surface area (TPSA) is 131 Å². The summed E-state index contributed by atoms with van der Waals surface area (Å²) in [5, 5.41) is 12.3. The zero-order valence-electron chi connectivity index (χ0n) is 18.6. The second-order valence-electron chi connectivity index (χ2n) is 9.71. The molecule has 172 valence electrons. The number of nitrogens with one attached hydrogen (secondary N) is 1. The van der Waals surface area contributed by atoms with Crippen molar-refractivity contribution < 1.29 is 4.79 Å². The van der Waals surface area contributed by atoms with Crippen LogP contribution in [-0.4, -0.2) is 57.7 Å². The van der Waals surface area contributed by atoms with E-state index in [0.717, 1.165) is 66.6 Å².